The largest absolute Gasteiger partial charge is 0.300 e. The predicted octanol–water partition coefficient (Wildman–Crippen LogP) is 4.72. The van der Waals surface area contributed by atoms with Crippen LogP contribution in [0.4, 0.5) is 0 Å². The lowest BCUT2D eigenvalue weighted by Gasteiger charge is -2.46. The lowest BCUT2D eigenvalue weighted by Crippen LogP contribution is -2.37. The van der Waals surface area contributed by atoms with Crippen molar-refractivity contribution in [1.82, 2.24) is 0 Å². The maximum Gasteiger partial charge on any atom is 0.161 e. The van der Waals surface area contributed by atoms with Gasteiger partial charge in [-0.25, -0.2) is 0 Å². The molecule has 0 bridgehead atoms. The number of Topliss-reactive ketones (excluding diaryl/α,β-unsaturated/α-hetero) is 2. The molecular weight excluding hydrogens is 260 g/mol. The van der Waals surface area contributed by atoms with Crippen molar-refractivity contribution < 1.29 is 9.59 Å². The smallest absolute Gasteiger partial charge is 0.161 e. The fraction of sp³-hybridized carbons (Fsp3) is 0.789. The molecule has 3 atom stereocenters. The molecular formula is C19H30O2. The zero-order valence-electron chi connectivity index (χ0n) is 14.3. The van der Waals surface area contributed by atoms with Crippen LogP contribution in [0, 0.1) is 22.7 Å². The van der Waals surface area contributed by atoms with E-state index in [0.717, 1.165) is 18.4 Å². The van der Waals surface area contributed by atoms with Crippen LogP contribution in [0.15, 0.2) is 11.6 Å². The molecule has 0 aliphatic heterocycles. The number of ketones is 2. The normalized spacial score (nSPS) is 32.2. The maximum atomic E-state index is 12.7. The molecule has 0 heterocycles. The van der Waals surface area contributed by atoms with E-state index in [-0.39, 0.29) is 17.1 Å². The number of hydrogen-bond donors (Lipinski definition) is 0. The molecule has 0 N–H and O–H groups in total. The summed E-state index contributed by atoms with van der Waals surface area (Å²) in [7, 11) is 0. The number of allylic oxidation sites excluding steroid dienone is 2. The summed E-state index contributed by atoms with van der Waals surface area (Å²) in [6.07, 6.45) is 8.02. The lowest BCUT2D eigenvalue weighted by molar-refractivity contribution is -0.120. The highest BCUT2D eigenvalue weighted by Crippen LogP contribution is 2.57. The highest BCUT2D eigenvalue weighted by atomic mass is 16.1. The molecule has 0 radical (unpaired) electrons. The lowest BCUT2D eigenvalue weighted by atomic mass is 9.58. The van der Waals surface area contributed by atoms with Crippen LogP contribution in [0.1, 0.15) is 73.1 Å². The van der Waals surface area contributed by atoms with Crippen molar-refractivity contribution in [1.29, 1.82) is 0 Å². The summed E-state index contributed by atoms with van der Waals surface area (Å²) in [6.45, 7) is 10.6. The average Bonchev–Trinajstić information content (AvgIpc) is 2.69. The Balaban J connectivity index is 2.06. The molecule has 2 aliphatic rings. The molecule has 0 aromatic heterocycles. The van der Waals surface area contributed by atoms with Gasteiger partial charge >= 0.3 is 0 Å². The van der Waals surface area contributed by atoms with Gasteiger partial charge in [0.1, 0.15) is 5.78 Å². The van der Waals surface area contributed by atoms with E-state index in [9.17, 15) is 9.59 Å². The Morgan fingerprint density at radius 2 is 2.00 bits per heavy atom. The molecule has 1 fully saturated rings. The van der Waals surface area contributed by atoms with E-state index in [1.165, 1.54) is 12.8 Å². The summed E-state index contributed by atoms with van der Waals surface area (Å²) in [6, 6.07) is 0. The minimum absolute atomic E-state index is 0.0163. The minimum Gasteiger partial charge on any atom is -0.300 e. The molecule has 0 aromatic carbocycles. The Bertz CT molecular complexity index is 472. The van der Waals surface area contributed by atoms with Crippen LogP contribution >= 0.6 is 0 Å². The van der Waals surface area contributed by atoms with Crippen LogP contribution in [-0.4, -0.2) is 11.6 Å². The van der Waals surface area contributed by atoms with Crippen LogP contribution < -0.4 is 0 Å². The van der Waals surface area contributed by atoms with E-state index >= 15 is 0 Å². The zero-order chi connectivity index (χ0) is 15.8. The van der Waals surface area contributed by atoms with Gasteiger partial charge in [-0.3, -0.25) is 4.79 Å². The number of carbonyl (C=O) groups excluding carboxylic acids is 2. The summed E-state index contributed by atoms with van der Waals surface area (Å²) in [5, 5.41) is 0. The van der Waals surface area contributed by atoms with Crippen LogP contribution in [-0.2, 0) is 9.59 Å². The minimum atomic E-state index is -0.0163. The van der Waals surface area contributed by atoms with Crippen molar-refractivity contribution in [2.45, 2.75) is 73.1 Å². The van der Waals surface area contributed by atoms with E-state index in [1.807, 2.05) is 6.92 Å². The van der Waals surface area contributed by atoms with Gasteiger partial charge in [-0.1, -0.05) is 33.8 Å². The Labute approximate surface area is 129 Å². The van der Waals surface area contributed by atoms with Gasteiger partial charge in [0.25, 0.3) is 0 Å². The van der Waals surface area contributed by atoms with Crippen LogP contribution in [0.25, 0.3) is 0 Å². The van der Waals surface area contributed by atoms with Gasteiger partial charge in [0.2, 0.25) is 0 Å². The second kappa shape index (κ2) is 5.70. The van der Waals surface area contributed by atoms with Crippen LogP contribution in [0.2, 0.25) is 0 Å². The van der Waals surface area contributed by atoms with Gasteiger partial charge < -0.3 is 4.79 Å². The first-order valence-corrected chi connectivity index (χ1v) is 8.38. The van der Waals surface area contributed by atoms with Crippen LogP contribution in [0.5, 0.6) is 0 Å². The van der Waals surface area contributed by atoms with Crippen molar-refractivity contribution in [2.24, 2.45) is 22.7 Å². The van der Waals surface area contributed by atoms with Gasteiger partial charge in [-0.05, 0) is 61.3 Å². The maximum absolute atomic E-state index is 12.7. The van der Waals surface area contributed by atoms with Crippen molar-refractivity contribution in [3.05, 3.63) is 11.6 Å². The first-order chi connectivity index (χ1) is 9.65. The Morgan fingerprint density at radius 3 is 2.62 bits per heavy atom. The van der Waals surface area contributed by atoms with Crippen molar-refractivity contribution in [3.8, 4) is 0 Å². The van der Waals surface area contributed by atoms with Gasteiger partial charge in [-0.15, -0.1) is 0 Å². The van der Waals surface area contributed by atoms with E-state index in [4.69, 9.17) is 0 Å². The third-order valence-electron chi connectivity index (χ3n) is 5.66. The standard InChI is InChI=1S/C19H30O2/c1-13(6-7-14(2)20)17(21)15-8-11-19(5)12-18(3,4)10-9-16(15)19/h8,13,16H,6-7,9-12H2,1-5H3/t13-,16+,19+/m0/s1. The van der Waals surface area contributed by atoms with Gasteiger partial charge in [0.05, 0.1) is 0 Å². The SMILES string of the molecule is CC(=O)CC[C@H](C)C(=O)C1=CC[C@]2(C)CC(C)(C)CC[C@H]12. The molecule has 0 spiro atoms. The van der Waals surface area contributed by atoms with Gasteiger partial charge in [0, 0.05) is 12.3 Å². The van der Waals surface area contributed by atoms with E-state index in [0.29, 0.717) is 30.0 Å². The second-order valence-corrected chi connectivity index (χ2v) is 8.46. The molecule has 0 saturated heterocycles. The highest BCUT2D eigenvalue weighted by Gasteiger charge is 2.48. The number of carbonyl (C=O) groups is 2. The fourth-order valence-electron chi connectivity index (χ4n) is 4.53. The molecule has 1 saturated carbocycles. The quantitative estimate of drug-likeness (QED) is 0.734. The number of hydrogen-bond acceptors (Lipinski definition) is 2. The monoisotopic (exact) mass is 290 g/mol. The fourth-order valence-corrected chi connectivity index (χ4v) is 4.53. The third-order valence-corrected chi connectivity index (χ3v) is 5.66. The predicted molar refractivity (Wildman–Crippen MR) is 86.0 cm³/mol. The molecule has 2 aliphatic carbocycles. The van der Waals surface area contributed by atoms with Crippen molar-refractivity contribution >= 4 is 11.6 Å². The molecule has 0 aromatic rings. The topological polar surface area (TPSA) is 34.1 Å². The molecule has 21 heavy (non-hydrogen) atoms. The van der Waals surface area contributed by atoms with Crippen LogP contribution in [0.3, 0.4) is 0 Å². The molecule has 118 valence electrons. The van der Waals surface area contributed by atoms with E-state index in [2.05, 4.69) is 26.8 Å². The Morgan fingerprint density at radius 1 is 1.33 bits per heavy atom. The molecule has 2 rings (SSSR count). The Kier molecular flexibility index (Phi) is 4.46. The molecule has 0 unspecified atom stereocenters. The van der Waals surface area contributed by atoms with E-state index < -0.39 is 0 Å². The first kappa shape index (κ1) is 16.5. The summed E-state index contributed by atoms with van der Waals surface area (Å²) in [5.74, 6) is 0.902. The summed E-state index contributed by atoms with van der Waals surface area (Å²) in [4.78, 5) is 23.9. The number of rotatable bonds is 5. The van der Waals surface area contributed by atoms with Gasteiger partial charge in [-0.2, -0.15) is 0 Å². The summed E-state index contributed by atoms with van der Waals surface area (Å²) < 4.78 is 0. The first-order valence-electron chi connectivity index (χ1n) is 8.38. The molecule has 2 heteroatoms. The Hall–Kier alpha value is -0.920. The van der Waals surface area contributed by atoms with Crippen molar-refractivity contribution in [3.63, 3.8) is 0 Å². The zero-order valence-corrected chi connectivity index (χ0v) is 14.3. The van der Waals surface area contributed by atoms with E-state index in [1.54, 1.807) is 6.92 Å². The number of fused-ring (bicyclic) bond motifs is 1. The second-order valence-electron chi connectivity index (χ2n) is 8.46. The third kappa shape index (κ3) is 3.46. The summed E-state index contributed by atoms with van der Waals surface area (Å²) >= 11 is 0. The molecule has 2 nitrogen and oxygen atoms in total. The molecule has 0 amide bonds. The van der Waals surface area contributed by atoms with Gasteiger partial charge in [0.15, 0.2) is 5.78 Å². The summed E-state index contributed by atoms with van der Waals surface area (Å²) in [5.41, 5.74) is 1.74. The average molecular weight is 290 g/mol. The van der Waals surface area contributed by atoms with Crippen molar-refractivity contribution in [2.75, 3.05) is 0 Å². The highest BCUT2D eigenvalue weighted by molar-refractivity contribution is 5.98.